The Morgan fingerprint density at radius 1 is 1.03 bits per heavy atom. The summed E-state index contributed by atoms with van der Waals surface area (Å²) in [5, 5.41) is 3.31. The molecular formula is C27H33FN2O3. The molecule has 0 aromatic heterocycles. The van der Waals surface area contributed by atoms with E-state index in [9.17, 15) is 14.0 Å². The molecule has 0 radical (unpaired) electrons. The summed E-state index contributed by atoms with van der Waals surface area (Å²) in [6, 6.07) is 13.1. The van der Waals surface area contributed by atoms with Crippen LogP contribution < -0.4 is 15.0 Å². The second kappa shape index (κ2) is 9.94. The standard InChI is InChI=1S/C27H33FN2O3/c1-17-5-4-6-24(18(17)2)29-27(32)23-15-16-25(31)30(21-11-13-22(33-3)14-12-21)26(23)19-7-9-20(28)10-8-19/h7-14,17-18,23-24,26H,4-6,15-16H2,1-3H3,(H,29,32)/t17-,18+,23+,24-,26+/m1/s1. The van der Waals surface area contributed by atoms with E-state index >= 15 is 0 Å². The fourth-order valence-electron chi connectivity index (χ4n) is 5.33. The van der Waals surface area contributed by atoms with Crippen LogP contribution in [0.4, 0.5) is 10.1 Å². The quantitative estimate of drug-likeness (QED) is 0.673. The maximum Gasteiger partial charge on any atom is 0.227 e. The fourth-order valence-corrected chi connectivity index (χ4v) is 5.33. The Morgan fingerprint density at radius 3 is 2.39 bits per heavy atom. The van der Waals surface area contributed by atoms with Gasteiger partial charge in [-0.15, -0.1) is 0 Å². The van der Waals surface area contributed by atoms with Crippen LogP contribution >= 0.6 is 0 Å². The molecule has 1 N–H and O–H groups in total. The Morgan fingerprint density at radius 2 is 1.73 bits per heavy atom. The molecule has 2 aromatic rings. The first kappa shape index (κ1) is 23.3. The number of halogens is 1. The van der Waals surface area contributed by atoms with Gasteiger partial charge >= 0.3 is 0 Å². The predicted molar refractivity (Wildman–Crippen MR) is 126 cm³/mol. The van der Waals surface area contributed by atoms with Crippen molar-refractivity contribution in [2.45, 2.75) is 58.0 Å². The summed E-state index contributed by atoms with van der Waals surface area (Å²) < 4.78 is 19.0. The molecule has 0 bridgehead atoms. The number of hydrogen-bond acceptors (Lipinski definition) is 3. The van der Waals surface area contributed by atoms with Crippen LogP contribution in [0.2, 0.25) is 0 Å². The lowest BCUT2D eigenvalue weighted by atomic mass is 9.77. The van der Waals surface area contributed by atoms with Gasteiger partial charge in [0.1, 0.15) is 11.6 Å². The number of ether oxygens (including phenoxy) is 1. The molecule has 0 spiro atoms. The highest BCUT2D eigenvalue weighted by molar-refractivity contribution is 5.97. The third kappa shape index (κ3) is 4.90. The van der Waals surface area contributed by atoms with Crippen molar-refractivity contribution >= 4 is 17.5 Å². The number of methoxy groups -OCH3 is 1. The van der Waals surface area contributed by atoms with Crippen molar-refractivity contribution in [3.63, 3.8) is 0 Å². The van der Waals surface area contributed by atoms with Gasteiger partial charge in [-0.3, -0.25) is 9.59 Å². The molecule has 5 atom stereocenters. The molecule has 6 heteroatoms. The van der Waals surface area contributed by atoms with E-state index in [2.05, 4.69) is 19.2 Å². The van der Waals surface area contributed by atoms with Crippen LogP contribution in [0, 0.1) is 23.6 Å². The van der Waals surface area contributed by atoms with Gasteiger partial charge < -0.3 is 15.0 Å². The maximum atomic E-state index is 13.7. The lowest BCUT2D eigenvalue weighted by Crippen LogP contribution is -2.52. The van der Waals surface area contributed by atoms with Gasteiger partial charge in [0.05, 0.1) is 19.1 Å². The fraction of sp³-hybridized carbons (Fsp3) is 0.481. The zero-order valence-corrected chi connectivity index (χ0v) is 19.6. The highest BCUT2D eigenvalue weighted by Gasteiger charge is 2.42. The second-order valence-corrected chi connectivity index (χ2v) is 9.49. The summed E-state index contributed by atoms with van der Waals surface area (Å²) in [7, 11) is 1.59. The first-order valence-electron chi connectivity index (χ1n) is 11.9. The Balaban J connectivity index is 1.67. The highest BCUT2D eigenvalue weighted by Crippen LogP contribution is 2.41. The molecule has 1 heterocycles. The normalized spacial score (nSPS) is 27.8. The molecule has 2 fully saturated rings. The lowest BCUT2D eigenvalue weighted by Gasteiger charge is -2.42. The summed E-state index contributed by atoms with van der Waals surface area (Å²) >= 11 is 0. The van der Waals surface area contributed by atoms with Gasteiger partial charge in [0.25, 0.3) is 0 Å². The van der Waals surface area contributed by atoms with Gasteiger partial charge in [-0.25, -0.2) is 4.39 Å². The van der Waals surface area contributed by atoms with Gasteiger partial charge in [-0.05, 0) is 66.6 Å². The molecule has 1 aliphatic carbocycles. The second-order valence-electron chi connectivity index (χ2n) is 9.49. The van der Waals surface area contributed by atoms with Crippen molar-refractivity contribution in [2.24, 2.45) is 17.8 Å². The third-order valence-electron chi connectivity index (χ3n) is 7.53. The molecule has 2 aromatic carbocycles. The number of nitrogens with one attached hydrogen (secondary N) is 1. The molecule has 2 aliphatic rings. The highest BCUT2D eigenvalue weighted by atomic mass is 19.1. The average molecular weight is 453 g/mol. The van der Waals surface area contributed by atoms with Crippen LogP contribution in [0.5, 0.6) is 5.75 Å². The van der Waals surface area contributed by atoms with Crippen LogP contribution in [0.1, 0.15) is 57.6 Å². The van der Waals surface area contributed by atoms with Crippen molar-refractivity contribution in [3.05, 3.63) is 59.9 Å². The van der Waals surface area contributed by atoms with E-state index in [-0.39, 0.29) is 23.7 Å². The maximum absolute atomic E-state index is 13.7. The number of rotatable bonds is 5. The topological polar surface area (TPSA) is 58.6 Å². The Hall–Kier alpha value is -2.89. The van der Waals surface area contributed by atoms with Crippen molar-refractivity contribution in [2.75, 3.05) is 12.0 Å². The number of nitrogens with zero attached hydrogens (tertiary/aromatic N) is 1. The van der Waals surface area contributed by atoms with Crippen LogP contribution in [0.3, 0.4) is 0 Å². The smallest absolute Gasteiger partial charge is 0.227 e. The summed E-state index contributed by atoms with van der Waals surface area (Å²) in [5.41, 5.74) is 1.46. The Kier molecular flexibility index (Phi) is 7.01. The predicted octanol–water partition coefficient (Wildman–Crippen LogP) is 5.26. The van der Waals surface area contributed by atoms with E-state index in [1.54, 1.807) is 36.3 Å². The van der Waals surface area contributed by atoms with Crippen LogP contribution in [0.25, 0.3) is 0 Å². The average Bonchev–Trinajstić information content (AvgIpc) is 2.82. The number of anilines is 1. The number of piperidine rings is 1. The van der Waals surface area contributed by atoms with Crippen LogP contribution in [-0.4, -0.2) is 25.0 Å². The molecule has 1 aliphatic heterocycles. The van der Waals surface area contributed by atoms with Gasteiger partial charge in [0.15, 0.2) is 0 Å². The summed E-state index contributed by atoms with van der Waals surface area (Å²) in [6.45, 7) is 4.45. The van der Waals surface area contributed by atoms with E-state index in [1.807, 2.05) is 12.1 Å². The van der Waals surface area contributed by atoms with Gasteiger partial charge in [-0.2, -0.15) is 0 Å². The summed E-state index contributed by atoms with van der Waals surface area (Å²) in [6.07, 6.45) is 4.04. The minimum atomic E-state index is -0.503. The van der Waals surface area contributed by atoms with Crippen molar-refractivity contribution in [1.29, 1.82) is 0 Å². The summed E-state index contributed by atoms with van der Waals surface area (Å²) in [5.74, 6) is 0.842. The number of hydrogen-bond donors (Lipinski definition) is 1. The van der Waals surface area contributed by atoms with Gasteiger partial charge in [-0.1, -0.05) is 38.8 Å². The number of benzene rings is 2. The molecule has 5 nitrogen and oxygen atoms in total. The first-order valence-corrected chi connectivity index (χ1v) is 11.9. The van der Waals surface area contributed by atoms with Crippen molar-refractivity contribution in [1.82, 2.24) is 5.32 Å². The van der Waals surface area contributed by atoms with Crippen molar-refractivity contribution < 1.29 is 18.7 Å². The van der Waals surface area contributed by atoms with Gasteiger partial charge in [0.2, 0.25) is 11.8 Å². The lowest BCUT2D eigenvalue weighted by molar-refractivity contribution is -0.130. The van der Waals surface area contributed by atoms with E-state index in [0.29, 0.717) is 36.1 Å². The molecule has 176 valence electrons. The number of carbonyl (C=O) groups excluding carboxylic acids is 2. The monoisotopic (exact) mass is 452 g/mol. The zero-order chi connectivity index (χ0) is 23.5. The van der Waals surface area contributed by atoms with E-state index in [4.69, 9.17) is 4.74 Å². The molecule has 1 saturated heterocycles. The molecule has 2 amide bonds. The van der Waals surface area contributed by atoms with Crippen LogP contribution in [-0.2, 0) is 9.59 Å². The van der Waals surface area contributed by atoms with E-state index in [1.165, 1.54) is 18.6 Å². The van der Waals surface area contributed by atoms with Crippen LogP contribution in [0.15, 0.2) is 48.5 Å². The third-order valence-corrected chi connectivity index (χ3v) is 7.53. The Labute approximate surface area is 195 Å². The minimum Gasteiger partial charge on any atom is -0.497 e. The molecule has 0 unspecified atom stereocenters. The number of carbonyl (C=O) groups is 2. The molecule has 33 heavy (non-hydrogen) atoms. The molecule has 4 rings (SSSR count). The van der Waals surface area contributed by atoms with Gasteiger partial charge in [0, 0.05) is 18.2 Å². The Bertz CT molecular complexity index is 976. The summed E-state index contributed by atoms with van der Waals surface area (Å²) in [4.78, 5) is 28.5. The van der Waals surface area contributed by atoms with Crippen molar-refractivity contribution in [3.8, 4) is 5.75 Å². The molecular weight excluding hydrogens is 419 g/mol. The van der Waals surface area contributed by atoms with E-state index < -0.39 is 12.0 Å². The number of amides is 2. The van der Waals surface area contributed by atoms with E-state index in [0.717, 1.165) is 18.4 Å². The largest absolute Gasteiger partial charge is 0.497 e. The SMILES string of the molecule is COc1ccc(N2C(=O)CC[C@H](C(=O)N[C@@H]3CCC[C@@H](C)[C@@H]3C)[C@@H]2c2ccc(F)cc2)cc1. The first-order chi connectivity index (χ1) is 15.9. The molecule has 1 saturated carbocycles. The zero-order valence-electron chi connectivity index (χ0n) is 19.6. The minimum absolute atomic E-state index is 0.0266.